The third-order valence-electron chi connectivity index (χ3n) is 3.38. The van der Waals surface area contributed by atoms with Crippen LogP contribution in [0.5, 0.6) is 0 Å². The molecular weight excluding hydrogens is 283 g/mol. The van der Waals surface area contributed by atoms with Gasteiger partial charge in [0.25, 0.3) is 0 Å². The monoisotopic (exact) mass is 294 g/mol. The minimum Gasteiger partial charge on any atom is -0.333 e. The zero-order valence-electron chi connectivity index (χ0n) is 10.6. The molecule has 1 aromatic carbocycles. The van der Waals surface area contributed by atoms with Crippen LogP contribution in [-0.4, -0.2) is 32.1 Å². The number of amides is 1. The van der Waals surface area contributed by atoms with Crippen LogP contribution < -0.4 is 0 Å². The van der Waals surface area contributed by atoms with Crippen molar-refractivity contribution in [1.82, 2.24) is 19.7 Å². The SMILES string of the molecule is O=C(Cc1c(F)cccc1Cl)N1CCn2cnnc2C1. The van der Waals surface area contributed by atoms with E-state index >= 15 is 0 Å². The number of hydrogen-bond acceptors (Lipinski definition) is 3. The van der Waals surface area contributed by atoms with E-state index in [1.807, 2.05) is 4.57 Å². The molecule has 0 saturated heterocycles. The quantitative estimate of drug-likeness (QED) is 0.846. The largest absolute Gasteiger partial charge is 0.333 e. The van der Waals surface area contributed by atoms with Gasteiger partial charge < -0.3 is 9.47 Å². The summed E-state index contributed by atoms with van der Waals surface area (Å²) in [7, 11) is 0. The summed E-state index contributed by atoms with van der Waals surface area (Å²) >= 11 is 5.94. The summed E-state index contributed by atoms with van der Waals surface area (Å²) in [5.41, 5.74) is 0.242. The van der Waals surface area contributed by atoms with Gasteiger partial charge in [-0.3, -0.25) is 4.79 Å². The summed E-state index contributed by atoms with van der Waals surface area (Å²) in [5, 5.41) is 8.03. The number of benzene rings is 1. The van der Waals surface area contributed by atoms with Crippen LogP contribution in [-0.2, 0) is 24.3 Å². The molecule has 5 nitrogen and oxygen atoms in total. The van der Waals surface area contributed by atoms with Crippen molar-refractivity contribution in [2.75, 3.05) is 6.54 Å². The Labute approximate surface area is 120 Å². The van der Waals surface area contributed by atoms with Gasteiger partial charge in [0.2, 0.25) is 5.91 Å². The van der Waals surface area contributed by atoms with Gasteiger partial charge in [-0.05, 0) is 12.1 Å². The Morgan fingerprint density at radius 3 is 3.05 bits per heavy atom. The van der Waals surface area contributed by atoms with E-state index in [1.54, 1.807) is 17.3 Å². The third-order valence-corrected chi connectivity index (χ3v) is 3.74. The maximum absolute atomic E-state index is 13.7. The first-order chi connectivity index (χ1) is 9.65. The van der Waals surface area contributed by atoms with Crippen molar-refractivity contribution in [1.29, 1.82) is 0 Å². The average Bonchev–Trinajstić information content (AvgIpc) is 2.90. The first kappa shape index (κ1) is 13.1. The Morgan fingerprint density at radius 2 is 2.25 bits per heavy atom. The highest BCUT2D eigenvalue weighted by molar-refractivity contribution is 6.31. The molecule has 0 saturated carbocycles. The topological polar surface area (TPSA) is 51.0 Å². The summed E-state index contributed by atoms with van der Waals surface area (Å²) < 4.78 is 15.6. The molecule has 7 heteroatoms. The number of hydrogen-bond donors (Lipinski definition) is 0. The van der Waals surface area contributed by atoms with Crippen molar-refractivity contribution >= 4 is 17.5 Å². The van der Waals surface area contributed by atoms with Crippen molar-refractivity contribution < 1.29 is 9.18 Å². The number of halogens is 2. The van der Waals surface area contributed by atoms with E-state index in [9.17, 15) is 9.18 Å². The van der Waals surface area contributed by atoms with Gasteiger partial charge in [0.05, 0.1) is 13.0 Å². The highest BCUT2D eigenvalue weighted by atomic mass is 35.5. The smallest absolute Gasteiger partial charge is 0.227 e. The molecule has 0 N–H and O–H groups in total. The van der Waals surface area contributed by atoms with Crippen molar-refractivity contribution in [3.63, 3.8) is 0 Å². The molecule has 0 bridgehead atoms. The number of rotatable bonds is 2. The van der Waals surface area contributed by atoms with Crippen molar-refractivity contribution in [3.8, 4) is 0 Å². The molecule has 1 amide bonds. The molecule has 2 aromatic rings. The summed E-state index contributed by atoms with van der Waals surface area (Å²) in [6.45, 7) is 1.61. The van der Waals surface area contributed by atoms with Crippen molar-refractivity contribution in [2.45, 2.75) is 19.5 Å². The molecule has 2 heterocycles. The molecular formula is C13H12ClFN4O. The third kappa shape index (κ3) is 2.38. The van der Waals surface area contributed by atoms with E-state index in [0.29, 0.717) is 19.6 Å². The van der Waals surface area contributed by atoms with Gasteiger partial charge in [0.15, 0.2) is 5.82 Å². The van der Waals surface area contributed by atoms with E-state index in [4.69, 9.17) is 11.6 Å². The molecule has 0 spiro atoms. The second-order valence-corrected chi connectivity index (χ2v) is 5.04. The van der Waals surface area contributed by atoms with Gasteiger partial charge >= 0.3 is 0 Å². The average molecular weight is 295 g/mol. The molecule has 0 atom stereocenters. The lowest BCUT2D eigenvalue weighted by atomic mass is 10.1. The number of nitrogens with zero attached hydrogens (tertiary/aromatic N) is 4. The highest BCUT2D eigenvalue weighted by Crippen LogP contribution is 2.21. The van der Waals surface area contributed by atoms with E-state index in [-0.39, 0.29) is 22.9 Å². The van der Waals surface area contributed by atoms with Crippen LogP contribution in [0.4, 0.5) is 4.39 Å². The van der Waals surface area contributed by atoms with Gasteiger partial charge in [0, 0.05) is 23.7 Å². The molecule has 1 aromatic heterocycles. The van der Waals surface area contributed by atoms with Crippen molar-refractivity contribution in [2.24, 2.45) is 0 Å². The normalized spacial score (nSPS) is 14.2. The maximum Gasteiger partial charge on any atom is 0.227 e. The summed E-state index contributed by atoms with van der Waals surface area (Å²) in [6.07, 6.45) is 1.60. The van der Waals surface area contributed by atoms with Crippen LogP contribution in [0.1, 0.15) is 11.4 Å². The predicted octanol–water partition coefficient (Wildman–Crippen LogP) is 1.66. The Hall–Kier alpha value is -1.95. The lowest BCUT2D eigenvalue weighted by Gasteiger charge is -2.27. The van der Waals surface area contributed by atoms with E-state index in [1.165, 1.54) is 12.1 Å². The Bertz CT molecular complexity index is 637. The van der Waals surface area contributed by atoms with Crippen LogP contribution in [0, 0.1) is 5.82 Å². The fourth-order valence-electron chi connectivity index (χ4n) is 2.24. The number of carbonyl (C=O) groups excluding carboxylic acids is 1. The molecule has 3 rings (SSSR count). The zero-order valence-corrected chi connectivity index (χ0v) is 11.3. The fourth-order valence-corrected chi connectivity index (χ4v) is 2.47. The summed E-state index contributed by atoms with van der Waals surface area (Å²) in [5.74, 6) is 0.126. The van der Waals surface area contributed by atoms with Crippen LogP contribution in [0.3, 0.4) is 0 Å². The van der Waals surface area contributed by atoms with Gasteiger partial charge in [-0.15, -0.1) is 10.2 Å². The molecule has 0 unspecified atom stereocenters. The number of fused-ring (bicyclic) bond motifs is 1. The predicted molar refractivity (Wildman–Crippen MR) is 70.6 cm³/mol. The second-order valence-electron chi connectivity index (χ2n) is 4.63. The standard InChI is InChI=1S/C13H12ClFN4O/c14-10-2-1-3-11(15)9(10)6-13(20)18-4-5-19-8-16-17-12(19)7-18/h1-3,8H,4-7H2. The van der Waals surface area contributed by atoms with E-state index in [0.717, 1.165) is 5.82 Å². The first-order valence-corrected chi connectivity index (χ1v) is 6.60. The van der Waals surface area contributed by atoms with Crippen LogP contribution in [0.25, 0.3) is 0 Å². The van der Waals surface area contributed by atoms with Gasteiger partial charge in [-0.2, -0.15) is 0 Å². The van der Waals surface area contributed by atoms with Crippen LogP contribution in [0.2, 0.25) is 5.02 Å². The molecule has 0 aliphatic carbocycles. The summed E-state index contributed by atoms with van der Waals surface area (Å²) in [6, 6.07) is 4.41. The molecule has 104 valence electrons. The molecule has 0 radical (unpaired) electrons. The Kier molecular flexibility index (Phi) is 3.40. The number of aromatic nitrogens is 3. The van der Waals surface area contributed by atoms with Gasteiger partial charge in [-0.1, -0.05) is 17.7 Å². The maximum atomic E-state index is 13.7. The lowest BCUT2D eigenvalue weighted by Crippen LogP contribution is -2.39. The van der Waals surface area contributed by atoms with Gasteiger partial charge in [0.1, 0.15) is 12.1 Å². The zero-order chi connectivity index (χ0) is 14.1. The Balaban J connectivity index is 1.75. The molecule has 1 aliphatic heterocycles. The molecule has 1 aliphatic rings. The van der Waals surface area contributed by atoms with E-state index in [2.05, 4.69) is 10.2 Å². The number of carbonyl (C=O) groups is 1. The Morgan fingerprint density at radius 1 is 1.40 bits per heavy atom. The van der Waals surface area contributed by atoms with Gasteiger partial charge in [-0.25, -0.2) is 4.39 Å². The van der Waals surface area contributed by atoms with Crippen molar-refractivity contribution in [3.05, 3.63) is 46.8 Å². The van der Waals surface area contributed by atoms with Crippen LogP contribution >= 0.6 is 11.6 Å². The molecule has 0 fully saturated rings. The summed E-state index contributed by atoms with van der Waals surface area (Å²) in [4.78, 5) is 13.9. The highest BCUT2D eigenvalue weighted by Gasteiger charge is 2.23. The first-order valence-electron chi connectivity index (χ1n) is 6.22. The van der Waals surface area contributed by atoms with E-state index < -0.39 is 5.82 Å². The minimum absolute atomic E-state index is 0.0420. The molecule has 20 heavy (non-hydrogen) atoms. The van der Waals surface area contributed by atoms with Crippen LogP contribution in [0.15, 0.2) is 24.5 Å². The second kappa shape index (κ2) is 5.20. The fraction of sp³-hybridized carbons (Fsp3) is 0.308. The lowest BCUT2D eigenvalue weighted by molar-refractivity contribution is -0.132. The minimum atomic E-state index is -0.453.